The first kappa shape index (κ1) is 23.7. The number of urea groups is 1. The summed E-state index contributed by atoms with van der Waals surface area (Å²) < 4.78 is 43.3. The average Bonchev–Trinajstić information content (AvgIpc) is 2.58. The monoisotopic (exact) mass is 508 g/mol. The number of halogens is 8. The van der Waals surface area contributed by atoms with E-state index in [0.29, 0.717) is 0 Å². The summed E-state index contributed by atoms with van der Waals surface area (Å²) in [6, 6.07) is 5.00. The molecule has 29 heavy (non-hydrogen) atoms. The molecule has 0 radical (unpaired) electrons. The zero-order valence-electron chi connectivity index (χ0n) is 13.7. The Morgan fingerprint density at radius 1 is 1.00 bits per heavy atom. The van der Waals surface area contributed by atoms with Gasteiger partial charge in [0, 0.05) is 6.07 Å². The Kier molecular flexibility index (Phi) is 7.75. The molecule has 1 unspecified atom stereocenters. The van der Waals surface area contributed by atoms with Crippen molar-refractivity contribution in [1.29, 1.82) is 0 Å². The van der Waals surface area contributed by atoms with Crippen LogP contribution in [0.15, 0.2) is 30.3 Å². The highest BCUT2D eigenvalue weighted by Gasteiger charge is 2.42. The highest BCUT2D eigenvalue weighted by Crippen LogP contribution is 2.38. The van der Waals surface area contributed by atoms with Crippen LogP contribution in [0.5, 0.6) is 5.75 Å². The number of anilines is 1. The van der Waals surface area contributed by atoms with E-state index in [1.165, 1.54) is 18.2 Å². The van der Waals surface area contributed by atoms with E-state index in [1.54, 1.807) is 0 Å². The van der Waals surface area contributed by atoms with E-state index >= 15 is 0 Å². The van der Waals surface area contributed by atoms with Crippen LogP contribution >= 0.6 is 58.0 Å². The Hall–Kier alpha value is -1.58. The molecule has 0 fully saturated rings. The number of benzene rings is 2. The molecule has 2 N–H and O–H groups in total. The van der Waals surface area contributed by atoms with Gasteiger partial charge < -0.3 is 10.1 Å². The Balaban J connectivity index is 2.15. The minimum absolute atomic E-state index is 0.0109. The molecule has 5 nitrogen and oxygen atoms in total. The maximum atomic E-state index is 13.3. The van der Waals surface area contributed by atoms with E-state index in [2.05, 4.69) is 10.1 Å². The number of nitrogens with one attached hydrogen (secondary N) is 2. The Morgan fingerprint density at radius 2 is 1.59 bits per heavy atom. The number of rotatable bonds is 5. The van der Waals surface area contributed by atoms with Gasteiger partial charge in [0.15, 0.2) is 0 Å². The fraction of sp³-hybridized carbons (Fsp3) is 0.125. The van der Waals surface area contributed by atoms with Crippen LogP contribution in [0.3, 0.4) is 0 Å². The zero-order valence-corrected chi connectivity index (χ0v) is 17.5. The van der Waals surface area contributed by atoms with Gasteiger partial charge >= 0.3 is 12.1 Å². The summed E-state index contributed by atoms with van der Waals surface area (Å²) in [5.74, 6) is -1.59. The number of hydrogen-bond donors (Lipinski definition) is 2. The fourth-order valence-electron chi connectivity index (χ4n) is 1.93. The number of carbonyl (C=O) groups is 2. The molecular weight excluding hydrogens is 502 g/mol. The standard InChI is InChI=1S/C16H8Cl5F3N2O3/c17-6-2-1-3-7(18)12(6)13(27)26-15(28)25-10-4-9(20)11(5-8(10)19)29-16(23,24)14(21)22/h1-5,14H,(H2,25,26,27,28). The van der Waals surface area contributed by atoms with E-state index in [-0.39, 0.29) is 26.3 Å². The molecular formula is C16H8Cl5F3N2O3. The predicted molar refractivity (Wildman–Crippen MR) is 106 cm³/mol. The maximum Gasteiger partial charge on any atom is 0.444 e. The van der Waals surface area contributed by atoms with E-state index in [4.69, 9.17) is 58.0 Å². The first-order valence-electron chi connectivity index (χ1n) is 7.32. The zero-order chi connectivity index (χ0) is 21.9. The van der Waals surface area contributed by atoms with Gasteiger partial charge in [-0.05, 0) is 18.2 Å². The summed E-state index contributed by atoms with van der Waals surface area (Å²) in [5, 5.41) is 3.43. The Labute approximate surface area is 186 Å². The Bertz CT molecular complexity index is 939. The minimum atomic E-state index is -4.37. The predicted octanol–water partition coefficient (Wildman–Crippen LogP) is 6.77. The van der Waals surface area contributed by atoms with Crippen molar-refractivity contribution in [2.45, 2.75) is 11.7 Å². The van der Waals surface area contributed by atoms with Gasteiger partial charge in [-0.3, -0.25) is 10.1 Å². The lowest BCUT2D eigenvalue weighted by molar-refractivity contribution is -0.198. The molecule has 0 aromatic heterocycles. The maximum absolute atomic E-state index is 13.3. The van der Waals surface area contributed by atoms with Crippen molar-refractivity contribution in [3.63, 3.8) is 0 Å². The van der Waals surface area contributed by atoms with E-state index in [0.717, 1.165) is 12.1 Å². The van der Waals surface area contributed by atoms with Gasteiger partial charge in [0.1, 0.15) is 5.75 Å². The number of hydrogen-bond acceptors (Lipinski definition) is 3. The molecule has 0 bridgehead atoms. The molecule has 0 aliphatic carbocycles. The summed E-state index contributed by atoms with van der Waals surface area (Å²) in [6.45, 7) is 0. The molecule has 2 aromatic carbocycles. The third-order valence-corrected chi connectivity index (χ3v) is 4.68. The third-order valence-electron chi connectivity index (χ3n) is 3.19. The van der Waals surface area contributed by atoms with Crippen LogP contribution < -0.4 is 15.4 Å². The van der Waals surface area contributed by atoms with Gasteiger partial charge in [-0.25, -0.2) is 9.18 Å². The normalized spacial score (nSPS) is 12.3. The molecule has 0 aliphatic heterocycles. The minimum Gasteiger partial charge on any atom is -0.428 e. The number of amides is 3. The average molecular weight is 511 g/mol. The van der Waals surface area contributed by atoms with Crippen LogP contribution in [-0.2, 0) is 0 Å². The molecule has 13 heteroatoms. The number of ether oxygens (including phenoxy) is 1. The van der Waals surface area contributed by atoms with E-state index < -0.39 is 34.4 Å². The molecule has 0 saturated carbocycles. The third kappa shape index (κ3) is 5.96. The van der Waals surface area contributed by atoms with Gasteiger partial charge in [-0.15, -0.1) is 0 Å². The van der Waals surface area contributed by atoms with Crippen LogP contribution in [0.4, 0.5) is 23.7 Å². The number of carbonyl (C=O) groups excluding carboxylic acids is 2. The van der Waals surface area contributed by atoms with Crippen molar-refractivity contribution >= 4 is 75.6 Å². The molecule has 156 valence electrons. The lowest BCUT2D eigenvalue weighted by Gasteiger charge is -2.19. The highest BCUT2D eigenvalue weighted by molar-refractivity contribution is 6.40. The van der Waals surface area contributed by atoms with Crippen LogP contribution in [0.2, 0.25) is 20.1 Å². The molecule has 0 saturated heterocycles. The summed E-state index contributed by atoms with van der Waals surface area (Å²) in [7, 11) is 0. The van der Waals surface area contributed by atoms with Crippen LogP contribution in [0, 0.1) is 0 Å². The first-order chi connectivity index (χ1) is 13.4. The van der Waals surface area contributed by atoms with E-state index in [1.807, 2.05) is 5.32 Å². The summed E-state index contributed by atoms with van der Waals surface area (Å²) >= 11 is 28.1. The molecule has 0 aliphatic rings. The van der Waals surface area contributed by atoms with E-state index in [9.17, 15) is 22.8 Å². The largest absolute Gasteiger partial charge is 0.444 e. The van der Waals surface area contributed by atoms with Gasteiger partial charge in [0.2, 0.25) is 0 Å². The van der Waals surface area contributed by atoms with Crippen molar-refractivity contribution < 1.29 is 27.5 Å². The summed E-state index contributed by atoms with van der Waals surface area (Å²) in [4.78, 5) is 24.2. The van der Waals surface area contributed by atoms with Crippen molar-refractivity contribution in [3.05, 3.63) is 56.0 Å². The van der Waals surface area contributed by atoms with Crippen molar-refractivity contribution in [1.82, 2.24) is 5.32 Å². The van der Waals surface area contributed by atoms with Crippen molar-refractivity contribution in [2.24, 2.45) is 0 Å². The first-order valence-corrected chi connectivity index (χ1v) is 9.27. The van der Waals surface area contributed by atoms with Crippen LogP contribution in [0.1, 0.15) is 10.4 Å². The molecule has 0 heterocycles. The van der Waals surface area contributed by atoms with Crippen molar-refractivity contribution in [2.75, 3.05) is 5.32 Å². The van der Waals surface area contributed by atoms with Crippen LogP contribution in [-0.4, -0.2) is 23.7 Å². The topological polar surface area (TPSA) is 67.4 Å². The number of alkyl halides is 4. The summed E-state index contributed by atoms with van der Waals surface area (Å²) in [6.07, 6.45) is -4.37. The van der Waals surface area contributed by atoms with Gasteiger partial charge in [0.25, 0.3) is 11.5 Å². The van der Waals surface area contributed by atoms with Gasteiger partial charge in [-0.2, -0.15) is 8.78 Å². The quantitative estimate of drug-likeness (QED) is 0.437. The highest BCUT2D eigenvalue weighted by atomic mass is 35.5. The second-order valence-corrected chi connectivity index (χ2v) is 7.24. The Morgan fingerprint density at radius 3 is 2.14 bits per heavy atom. The molecule has 2 aromatic rings. The lowest BCUT2D eigenvalue weighted by Crippen LogP contribution is -2.35. The molecule has 1 atom stereocenters. The number of imide groups is 1. The second-order valence-electron chi connectivity index (χ2n) is 5.23. The smallest absolute Gasteiger partial charge is 0.428 e. The van der Waals surface area contributed by atoms with Crippen molar-refractivity contribution in [3.8, 4) is 5.75 Å². The van der Waals surface area contributed by atoms with Crippen LogP contribution in [0.25, 0.3) is 0 Å². The fourth-order valence-corrected chi connectivity index (χ4v) is 2.94. The molecule has 0 spiro atoms. The van der Waals surface area contributed by atoms with Gasteiger partial charge in [0.05, 0.1) is 31.3 Å². The SMILES string of the molecule is O=C(NC(=O)c1c(Cl)cccc1Cl)Nc1cc(Cl)c(OC(F)(F)C(F)Cl)cc1Cl. The second kappa shape index (κ2) is 9.49. The summed E-state index contributed by atoms with van der Waals surface area (Å²) in [5.41, 5.74) is -3.43. The molecule has 2 rings (SSSR count). The molecule has 3 amide bonds. The van der Waals surface area contributed by atoms with Gasteiger partial charge in [-0.1, -0.05) is 64.1 Å². The lowest BCUT2D eigenvalue weighted by atomic mass is 10.2.